The SMILES string of the molecule is C/C=C(/C)C(=O)OC[C@@]12C(CC(C)(C)[C@@H](O)[C@@H]1O)C1=CCC3[C@@]4(C)CC[C@H](O)[C@](C)(COC(=O)/C(C)=C/C)C4CC[C@@]3(C)[C@]1(C)C[C@H]2O. The van der Waals surface area contributed by atoms with Crippen molar-refractivity contribution in [2.75, 3.05) is 13.2 Å². The summed E-state index contributed by atoms with van der Waals surface area (Å²) in [5.74, 6) is -0.738. The van der Waals surface area contributed by atoms with Crippen LogP contribution in [0.4, 0.5) is 0 Å². The molecule has 0 aromatic heterocycles. The Kier molecular flexibility index (Phi) is 9.58. The second-order valence-electron chi connectivity index (χ2n) is 17.9. The molecule has 0 spiro atoms. The zero-order valence-electron chi connectivity index (χ0n) is 31.1. The van der Waals surface area contributed by atoms with Crippen LogP contribution in [-0.4, -0.2) is 70.0 Å². The average molecular weight is 671 g/mol. The molecule has 0 saturated heterocycles. The van der Waals surface area contributed by atoms with Gasteiger partial charge in [-0.2, -0.15) is 0 Å². The Bertz CT molecular complexity index is 1390. The Balaban J connectivity index is 1.55. The van der Waals surface area contributed by atoms with E-state index in [2.05, 4.69) is 33.8 Å². The Morgan fingerprint density at radius 3 is 1.96 bits per heavy atom. The van der Waals surface area contributed by atoms with Gasteiger partial charge in [-0.3, -0.25) is 0 Å². The van der Waals surface area contributed by atoms with Gasteiger partial charge in [0.1, 0.15) is 6.61 Å². The first-order valence-corrected chi connectivity index (χ1v) is 18.2. The third-order valence-electron chi connectivity index (χ3n) is 15.4. The number of aliphatic hydroxyl groups is 4. The van der Waals surface area contributed by atoms with Gasteiger partial charge in [0, 0.05) is 16.6 Å². The van der Waals surface area contributed by atoms with Crippen LogP contribution in [0.25, 0.3) is 0 Å². The lowest BCUT2D eigenvalue weighted by Gasteiger charge is -2.72. The molecule has 5 aliphatic carbocycles. The molecule has 4 saturated carbocycles. The Labute approximate surface area is 288 Å². The molecule has 8 heteroatoms. The van der Waals surface area contributed by atoms with Gasteiger partial charge in [0.05, 0.1) is 36.4 Å². The molecule has 4 fully saturated rings. The van der Waals surface area contributed by atoms with Crippen LogP contribution in [0, 0.1) is 50.2 Å². The number of carbonyl (C=O) groups excluding carboxylic acids is 2. The van der Waals surface area contributed by atoms with Crippen molar-refractivity contribution in [3.8, 4) is 0 Å². The van der Waals surface area contributed by atoms with E-state index in [-0.39, 0.29) is 47.8 Å². The number of ether oxygens (including phenoxy) is 2. The lowest BCUT2D eigenvalue weighted by Crippen LogP contribution is -2.72. The lowest BCUT2D eigenvalue weighted by atomic mass is 9.33. The summed E-state index contributed by atoms with van der Waals surface area (Å²) < 4.78 is 11.7. The molecule has 0 heterocycles. The summed E-state index contributed by atoms with van der Waals surface area (Å²) in [5.41, 5.74) is -0.998. The standard InChI is InChI=1S/C40H62O8/c1-11-23(3)33(45)47-21-37(8)27-15-18-38(9)28(36(27,7)17-16-29(37)41)14-13-25-26-19-35(5,6)31(43)32(44)40(26,30(42)20-39(25,38)10)22-48-34(46)24(4)12-2/h11-13,26-32,41-44H,14-22H2,1-10H3/b23-11+,24-12-/t26?,27?,28?,29-,30+,31-,32-,36-,37+,38+,39+,40-/m0/s1. The minimum Gasteiger partial charge on any atom is -0.462 e. The minimum absolute atomic E-state index is 0.136. The average Bonchev–Trinajstić information content (AvgIpc) is 3.03. The van der Waals surface area contributed by atoms with E-state index < -0.39 is 52.0 Å². The third kappa shape index (κ3) is 5.12. The van der Waals surface area contributed by atoms with Gasteiger partial charge in [0.15, 0.2) is 0 Å². The first kappa shape index (κ1) is 37.3. The molecular formula is C40H62O8. The van der Waals surface area contributed by atoms with Crippen LogP contribution >= 0.6 is 0 Å². The van der Waals surface area contributed by atoms with Crippen LogP contribution in [0.3, 0.4) is 0 Å². The largest absolute Gasteiger partial charge is 0.462 e. The van der Waals surface area contributed by atoms with Crippen molar-refractivity contribution >= 4 is 11.9 Å². The monoisotopic (exact) mass is 670 g/mol. The predicted octanol–water partition coefficient (Wildman–Crippen LogP) is 6.06. The van der Waals surface area contributed by atoms with E-state index in [9.17, 15) is 30.0 Å². The van der Waals surface area contributed by atoms with Gasteiger partial charge in [0.2, 0.25) is 0 Å². The molecule has 0 aromatic rings. The number of hydrogen-bond donors (Lipinski definition) is 4. The van der Waals surface area contributed by atoms with Crippen LogP contribution in [0.15, 0.2) is 34.9 Å². The molecule has 3 unspecified atom stereocenters. The molecule has 8 nitrogen and oxygen atoms in total. The first-order chi connectivity index (χ1) is 22.2. The normalized spacial score (nSPS) is 47.0. The summed E-state index contributed by atoms with van der Waals surface area (Å²) in [6.07, 6.45) is 6.82. The molecule has 0 aromatic carbocycles. The zero-order valence-corrected chi connectivity index (χ0v) is 31.1. The van der Waals surface area contributed by atoms with Crippen molar-refractivity contribution in [2.45, 2.75) is 139 Å². The van der Waals surface area contributed by atoms with E-state index in [4.69, 9.17) is 9.47 Å². The molecule has 0 radical (unpaired) electrons. The fraction of sp³-hybridized carbons (Fsp3) is 0.800. The smallest absolute Gasteiger partial charge is 0.333 e. The van der Waals surface area contributed by atoms with Gasteiger partial charge in [-0.05, 0) is 112 Å². The Morgan fingerprint density at radius 1 is 0.792 bits per heavy atom. The zero-order chi connectivity index (χ0) is 35.8. The van der Waals surface area contributed by atoms with Crippen LogP contribution in [0.1, 0.15) is 114 Å². The van der Waals surface area contributed by atoms with E-state index >= 15 is 0 Å². The van der Waals surface area contributed by atoms with Crippen molar-refractivity contribution in [1.82, 2.24) is 0 Å². The highest BCUT2D eigenvalue weighted by molar-refractivity contribution is 5.88. The van der Waals surface area contributed by atoms with Crippen LogP contribution in [0.2, 0.25) is 0 Å². The molecule has 4 N–H and O–H groups in total. The fourth-order valence-corrected chi connectivity index (χ4v) is 11.8. The van der Waals surface area contributed by atoms with Gasteiger partial charge in [-0.1, -0.05) is 65.3 Å². The molecule has 12 atom stereocenters. The molecule has 0 bridgehead atoms. The molecule has 48 heavy (non-hydrogen) atoms. The summed E-state index contributed by atoms with van der Waals surface area (Å²) in [6.45, 7) is 20.1. The molecule has 0 amide bonds. The fourth-order valence-electron chi connectivity index (χ4n) is 11.8. The van der Waals surface area contributed by atoms with Crippen LogP contribution in [0.5, 0.6) is 0 Å². The lowest BCUT2D eigenvalue weighted by molar-refractivity contribution is -0.260. The van der Waals surface area contributed by atoms with Gasteiger partial charge in [0.25, 0.3) is 0 Å². The Hall–Kier alpha value is -2.00. The number of aliphatic hydroxyl groups excluding tert-OH is 4. The van der Waals surface area contributed by atoms with E-state index in [1.165, 1.54) is 5.57 Å². The maximum atomic E-state index is 12.9. The quantitative estimate of drug-likeness (QED) is 0.152. The van der Waals surface area contributed by atoms with Gasteiger partial charge in [-0.15, -0.1) is 0 Å². The second-order valence-corrected chi connectivity index (χ2v) is 17.9. The van der Waals surface area contributed by atoms with Crippen LogP contribution in [-0.2, 0) is 19.1 Å². The van der Waals surface area contributed by atoms with Gasteiger partial charge in [-0.25, -0.2) is 9.59 Å². The van der Waals surface area contributed by atoms with E-state index in [0.717, 1.165) is 25.7 Å². The van der Waals surface area contributed by atoms with Crippen molar-refractivity contribution in [1.29, 1.82) is 0 Å². The predicted molar refractivity (Wildman–Crippen MR) is 184 cm³/mol. The maximum absolute atomic E-state index is 12.9. The molecule has 5 rings (SSSR count). The summed E-state index contributed by atoms with van der Waals surface area (Å²) in [5, 5.41) is 47.2. The molecule has 5 aliphatic rings. The van der Waals surface area contributed by atoms with E-state index in [0.29, 0.717) is 30.4 Å². The topological polar surface area (TPSA) is 134 Å². The summed E-state index contributed by atoms with van der Waals surface area (Å²) in [4.78, 5) is 25.6. The van der Waals surface area contributed by atoms with E-state index in [1.54, 1.807) is 32.9 Å². The molecular weight excluding hydrogens is 608 g/mol. The highest BCUT2D eigenvalue weighted by Gasteiger charge is 2.72. The minimum atomic E-state index is -1.28. The van der Waals surface area contributed by atoms with Gasteiger partial charge >= 0.3 is 11.9 Å². The highest BCUT2D eigenvalue weighted by Crippen LogP contribution is 2.75. The number of hydrogen-bond acceptors (Lipinski definition) is 8. The summed E-state index contributed by atoms with van der Waals surface area (Å²) >= 11 is 0. The number of esters is 2. The van der Waals surface area contributed by atoms with Crippen molar-refractivity contribution in [3.63, 3.8) is 0 Å². The number of allylic oxidation sites excluding steroid dienone is 4. The van der Waals surface area contributed by atoms with Crippen molar-refractivity contribution < 1.29 is 39.5 Å². The number of fused-ring (bicyclic) bond motifs is 7. The summed E-state index contributed by atoms with van der Waals surface area (Å²) in [7, 11) is 0. The van der Waals surface area contributed by atoms with E-state index in [1.807, 2.05) is 20.8 Å². The molecule has 270 valence electrons. The highest BCUT2D eigenvalue weighted by atomic mass is 16.5. The van der Waals surface area contributed by atoms with Crippen molar-refractivity contribution in [2.24, 2.45) is 50.2 Å². The maximum Gasteiger partial charge on any atom is 0.333 e. The number of carbonyl (C=O) groups is 2. The third-order valence-corrected chi connectivity index (χ3v) is 15.4. The molecule has 0 aliphatic heterocycles. The summed E-state index contributed by atoms with van der Waals surface area (Å²) in [6, 6.07) is 0. The van der Waals surface area contributed by atoms with Gasteiger partial charge < -0.3 is 29.9 Å². The first-order valence-electron chi connectivity index (χ1n) is 18.2. The van der Waals surface area contributed by atoms with Crippen molar-refractivity contribution in [3.05, 3.63) is 34.9 Å². The second kappa shape index (κ2) is 12.3. The van der Waals surface area contributed by atoms with Crippen LogP contribution < -0.4 is 0 Å². The number of rotatable bonds is 6. The Morgan fingerprint density at radius 2 is 1.38 bits per heavy atom.